The zero-order chi connectivity index (χ0) is 23.0. The van der Waals surface area contributed by atoms with Gasteiger partial charge in [-0.2, -0.15) is 0 Å². The van der Waals surface area contributed by atoms with Gasteiger partial charge in [-0.25, -0.2) is 14.2 Å². The van der Waals surface area contributed by atoms with Crippen molar-refractivity contribution in [3.05, 3.63) is 55.6 Å². The van der Waals surface area contributed by atoms with Gasteiger partial charge in [0.25, 0.3) is 11.5 Å². The number of thiophene rings is 1. The molecule has 1 saturated heterocycles. The normalized spacial score (nSPS) is 14.8. The summed E-state index contributed by atoms with van der Waals surface area (Å²) in [5.41, 5.74) is -0.307. The van der Waals surface area contributed by atoms with E-state index in [-0.39, 0.29) is 30.2 Å². The fraction of sp³-hybridized carbons (Fsp3) is 0.350. The number of fused-ring (bicyclic) bond motifs is 1. The number of anilines is 1. The number of H-pyrrole nitrogens is 1. The molecule has 0 saturated carbocycles. The van der Waals surface area contributed by atoms with Crippen LogP contribution in [0.15, 0.2) is 27.9 Å². The predicted molar refractivity (Wildman–Crippen MR) is 118 cm³/mol. The van der Waals surface area contributed by atoms with Crippen LogP contribution >= 0.6 is 11.3 Å². The van der Waals surface area contributed by atoms with Gasteiger partial charge in [-0.1, -0.05) is 0 Å². The maximum Gasteiger partial charge on any atom is 0.328 e. The molecule has 0 atom stereocenters. The second kappa shape index (κ2) is 8.63. The Hall–Kier alpha value is -3.38. The molecule has 3 aromatic rings. The molecule has 1 fully saturated rings. The molecule has 3 aromatic heterocycles. The molecule has 0 radical (unpaired) electrons. The summed E-state index contributed by atoms with van der Waals surface area (Å²) in [5.74, 6) is -1.66. The fourth-order valence-corrected chi connectivity index (χ4v) is 4.77. The van der Waals surface area contributed by atoms with Crippen molar-refractivity contribution in [1.82, 2.24) is 24.8 Å². The van der Waals surface area contributed by atoms with Crippen LogP contribution in [-0.2, 0) is 17.9 Å². The van der Waals surface area contributed by atoms with E-state index in [9.17, 15) is 23.6 Å². The van der Waals surface area contributed by atoms with Crippen LogP contribution in [0.2, 0.25) is 0 Å². The molecular weight excluding hydrogens is 439 g/mol. The minimum atomic E-state index is -0.797. The van der Waals surface area contributed by atoms with Crippen LogP contribution in [0.4, 0.5) is 10.1 Å². The lowest BCUT2D eigenvalue weighted by Crippen LogP contribution is -2.50. The number of hydrogen-bond acceptors (Lipinski definition) is 7. The summed E-state index contributed by atoms with van der Waals surface area (Å²) in [5, 5.41) is 2.31. The number of carbonyl (C=O) groups excluding carboxylic acids is 2. The van der Waals surface area contributed by atoms with Gasteiger partial charge < -0.3 is 15.2 Å². The van der Waals surface area contributed by atoms with E-state index in [1.54, 1.807) is 13.0 Å². The van der Waals surface area contributed by atoms with Crippen molar-refractivity contribution in [3.8, 4) is 0 Å². The third-order valence-electron chi connectivity index (χ3n) is 5.29. The lowest BCUT2D eigenvalue weighted by molar-refractivity contribution is -0.121. The first-order valence-electron chi connectivity index (χ1n) is 9.98. The second-order valence-electron chi connectivity index (χ2n) is 7.29. The summed E-state index contributed by atoms with van der Waals surface area (Å²) in [6.45, 7) is 3.40. The molecule has 0 spiro atoms. The van der Waals surface area contributed by atoms with Gasteiger partial charge in [-0.3, -0.25) is 23.9 Å². The topological polar surface area (TPSA) is 120 Å². The number of hydrogen-bond donors (Lipinski definition) is 2. The third kappa shape index (κ3) is 3.94. The quantitative estimate of drug-likeness (QED) is 0.573. The molecule has 2 amide bonds. The van der Waals surface area contributed by atoms with Gasteiger partial charge in [-0.05, 0) is 13.0 Å². The summed E-state index contributed by atoms with van der Waals surface area (Å²) in [7, 11) is 1.38. The molecular formula is C20H21FN6O4S. The minimum Gasteiger partial charge on any atom is -0.354 e. The highest BCUT2D eigenvalue weighted by Crippen LogP contribution is 2.24. The van der Waals surface area contributed by atoms with Crippen molar-refractivity contribution in [2.24, 2.45) is 0 Å². The predicted octanol–water partition coefficient (Wildman–Crippen LogP) is 0.514. The molecule has 1 aliphatic rings. The molecule has 12 heteroatoms. The van der Waals surface area contributed by atoms with E-state index >= 15 is 0 Å². The van der Waals surface area contributed by atoms with E-state index in [2.05, 4.69) is 15.3 Å². The number of piperazine rings is 1. The first kappa shape index (κ1) is 21.8. The lowest BCUT2D eigenvalue weighted by atomic mass is 10.2. The van der Waals surface area contributed by atoms with Gasteiger partial charge in [-0.15, -0.1) is 11.3 Å². The highest BCUT2D eigenvalue weighted by Gasteiger charge is 2.27. The fourth-order valence-electron chi connectivity index (χ4n) is 3.67. The van der Waals surface area contributed by atoms with Crippen molar-refractivity contribution in [2.45, 2.75) is 20.0 Å². The van der Waals surface area contributed by atoms with Crippen LogP contribution < -0.4 is 21.5 Å². The molecule has 32 heavy (non-hydrogen) atoms. The number of halogens is 1. The van der Waals surface area contributed by atoms with Crippen LogP contribution in [0, 0.1) is 5.82 Å². The van der Waals surface area contributed by atoms with Crippen LogP contribution in [0.5, 0.6) is 0 Å². The molecule has 168 valence electrons. The van der Waals surface area contributed by atoms with E-state index in [1.807, 2.05) is 4.90 Å². The monoisotopic (exact) mass is 460 g/mol. The lowest BCUT2D eigenvalue weighted by Gasteiger charge is -2.33. The number of pyridine rings is 1. The number of aromatic amines is 1. The molecule has 0 bridgehead atoms. The molecule has 0 unspecified atom stereocenters. The van der Waals surface area contributed by atoms with E-state index in [4.69, 9.17) is 0 Å². The first-order valence-corrected chi connectivity index (χ1v) is 10.8. The summed E-state index contributed by atoms with van der Waals surface area (Å²) < 4.78 is 15.8. The highest BCUT2D eigenvalue weighted by molar-refractivity contribution is 7.18. The smallest absolute Gasteiger partial charge is 0.328 e. The number of rotatable bonds is 5. The molecule has 0 aliphatic carbocycles. The largest absolute Gasteiger partial charge is 0.354 e. The SMILES string of the molecule is CCn1c(=O)[nH]c2cc(CN3CCN(c4cnc(C(=O)NC)c(F)c4)C(=O)C3)sc2c1=O. The van der Waals surface area contributed by atoms with Crippen molar-refractivity contribution in [2.75, 3.05) is 31.6 Å². The number of nitrogens with zero attached hydrogens (tertiary/aromatic N) is 4. The van der Waals surface area contributed by atoms with Crippen LogP contribution in [0.1, 0.15) is 22.3 Å². The number of amides is 2. The number of nitrogens with one attached hydrogen (secondary N) is 2. The van der Waals surface area contributed by atoms with Gasteiger partial charge in [0.05, 0.1) is 23.9 Å². The Balaban J connectivity index is 1.48. The van der Waals surface area contributed by atoms with E-state index in [0.29, 0.717) is 35.5 Å². The molecule has 4 heterocycles. The Morgan fingerprint density at radius 3 is 2.72 bits per heavy atom. The average molecular weight is 460 g/mol. The van der Waals surface area contributed by atoms with Gasteiger partial charge in [0, 0.05) is 44.2 Å². The maximum absolute atomic E-state index is 14.2. The van der Waals surface area contributed by atoms with E-state index in [1.165, 1.54) is 29.5 Å². The second-order valence-corrected chi connectivity index (χ2v) is 8.43. The Morgan fingerprint density at radius 1 is 1.28 bits per heavy atom. The first-order chi connectivity index (χ1) is 15.3. The van der Waals surface area contributed by atoms with Crippen molar-refractivity contribution in [3.63, 3.8) is 0 Å². The summed E-state index contributed by atoms with van der Waals surface area (Å²) in [4.78, 5) is 59.5. The minimum absolute atomic E-state index is 0.1000. The molecule has 0 aromatic carbocycles. The highest BCUT2D eigenvalue weighted by atomic mass is 32.1. The molecule has 4 rings (SSSR count). The van der Waals surface area contributed by atoms with Gasteiger partial charge in [0.1, 0.15) is 4.70 Å². The van der Waals surface area contributed by atoms with Crippen molar-refractivity contribution in [1.29, 1.82) is 0 Å². The number of aromatic nitrogens is 3. The molecule has 10 nitrogen and oxygen atoms in total. The van der Waals surface area contributed by atoms with Crippen LogP contribution in [0.3, 0.4) is 0 Å². The zero-order valence-corrected chi connectivity index (χ0v) is 18.3. The summed E-state index contributed by atoms with van der Waals surface area (Å²) in [6.07, 6.45) is 1.31. The van der Waals surface area contributed by atoms with Crippen LogP contribution in [0.25, 0.3) is 10.2 Å². The Morgan fingerprint density at radius 2 is 2.06 bits per heavy atom. The van der Waals surface area contributed by atoms with Gasteiger partial charge in [0.15, 0.2) is 11.5 Å². The third-order valence-corrected chi connectivity index (χ3v) is 6.39. The molecule has 2 N–H and O–H groups in total. The Kier molecular flexibility index (Phi) is 5.89. The summed E-state index contributed by atoms with van der Waals surface area (Å²) >= 11 is 1.30. The van der Waals surface area contributed by atoms with Gasteiger partial charge in [0.2, 0.25) is 5.91 Å². The van der Waals surface area contributed by atoms with Crippen molar-refractivity contribution < 1.29 is 14.0 Å². The van der Waals surface area contributed by atoms with Gasteiger partial charge >= 0.3 is 5.69 Å². The Labute approximate surface area is 185 Å². The Bertz CT molecular complexity index is 1330. The standard InChI is InChI=1S/C20H21FN6O4S/c1-3-26-19(30)17-14(24-20(26)31)7-12(32-17)9-25-4-5-27(15(28)10-25)11-6-13(21)16(23-8-11)18(29)22-2/h6-8H,3-5,9-10H2,1-2H3,(H,22,29)(H,24,31). The average Bonchev–Trinajstić information content (AvgIpc) is 3.16. The van der Waals surface area contributed by atoms with Crippen molar-refractivity contribution >= 4 is 39.1 Å². The summed E-state index contributed by atoms with van der Waals surface area (Å²) in [6, 6.07) is 2.89. The van der Waals surface area contributed by atoms with E-state index < -0.39 is 17.4 Å². The van der Waals surface area contributed by atoms with Crippen LogP contribution in [-0.4, -0.2) is 57.9 Å². The maximum atomic E-state index is 14.2. The zero-order valence-electron chi connectivity index (χ0n) is 17.5. The van der Waals surface area contributed by atoms with E-state index in [0.717, 1.165) is 15.5 Å². The molecule has 1 aliphatic heterocycles. The number of carbonyl (C=O) groups is 2.